The van der Waals surface area contributed by atoms with Crippen LogP contribution in [0, 0.1) is 0 Å². The van der Waals surface area contributed by atoms with Crippen LogP contribution < -0.4 is 22.5 Å². The Hall–Kier alpha value is -6.42. The van der Waals surface area contributed by atoms with E-state index in [1.807, 2.05) is 121 Å². The van der Waals surface area contributed by atoms with Gasteiger partial charge in [-0.15, -0.1) is 0 Å². The molecule has 15 heteroatoms. The molecule has 7 N–H and O–H groups in total. The molecule has 4 aromatic carbocycles. The molecule has 0 saturated carbocycles. The summed E-state index contributed by atoms with van der Waals surface area (Å²) in [6, 6.07) is 36.9. The maximum absolute atomic E-state index is 14.5. The molecule has 0 aromatic heterocycles. The third-order valence-electron chi connectivity index (χ3n) is 10.2. The minimum absolute atomic E-state index is 0.0217. The highest BCUT2D eigenvalue weighted by atomic mass is 16.2. The number of nitrogens with two attached hydrogens (primary N) is 3. The predicted molar refractivity (Wildman–Crippen MR) is 243 cm³/mol. The number of unbranched alkanes of at least 4 members (excludes halogenated alkanes) is 2. The minimum atomic E-state index is -0.700. The van der Waals surface area contributed by atoms with Crippen LogP contribution >= 0.6 is 0 Å². The first-order valence-corrected chi connectivity index (χ1v) is 21.5. The van der Waals surface area contributed by atoms with E-state index in [0.29, 0.717) is 32.5 Å². The lowest BCUT2D eigenvalue weighted by Crippen LogP contribution is -2.51. The Balaban J connectivity index is 1.59. The molecular formula is C48H63N9O6. The van der Waals surface area contributed by atoms with Crippen LogP contribution in [0.5, 0.6) is 0 Å². The average molecular weight is 862 g/mol. The van der Waals surface area contributed by atoms with E-state index in [0.717, 1.165) is 35.1 Å². The monoisotopic (exact) mass is 861 g/mol. The number of hydrogen-bond acceptors (Lipinski definition) is 9. The SMILES string of the molecule is NCCCCNCC(=O)N(CC(=O)N(CC(=O)N(CCCCN)CC(=O)N(CC(=O)N(CC(N)=O)Cc1ccccc1)Cc1ccccc1)Cc1ccccc1)Cc1ccccc1. The molecule has 0 radical (unpaired) electrons. The zero-order valence-corrected chi connectivity index (χ0v) is 36.2. The molecule has 0 aliphatic heterocycles. The Morgan fingerprint density at radius 3 is 1.08 bits per heavy atom. The van der Waals surface area contributed by atoms with Gasteiger partial charge in [0.15, 0.2) is 0 Å². The van der Waals surface area contributed by atoms with E-state index in [-0.39, 0.29) is 77.9 Å². The largest absolute Gasteiger partial charge is 0.368 e. The van der Waals surface area contributed by atoms with Gasteiger partial charge in [0.25, 0.3) is 0 Å². The molecule has 4 rings (SSSR count). The fourth-order valence-electron chi connectivity index (χ4n) is 6.83. The summed E-state index contributed by atoms with van der Waals surface area (Å²) in [4.78, 5) is 89.8. The highest BCUT2D eigenvalue weighted by Crippen LogP contribution is 2.13. The van der Waals surface area contributed by atoms with Crippen LogP contribution in [0.1, 0.15) is 47.9 Å². The maximum atomic E-state index is 14.5. The molecular weight excluding hydrogens is 799 g/mol. The summed E-state index contributed by atoms with van der Waals surface area (Å²) in [5.74, 6) is -2.91. The van der Waals surface area contributed by atoms with Gasteiger partial charge >= 0.3 is 0 Å². The lowest BCUT2D eigenvalue weighted by Gasteiger charge is -2.32. The summed E-state index contributed by atoms with van der Waals surface area (Å²) in [6.45, 7) is 0.323. The second-order valence-corrected chi connectivity index (χ2v) is 15.4. The predicted octanol–water partition coefficient (Wildman–Crippen LogP) is 2.48. The van der Waals surface area contributed by atoms with Gasteiger partial charge in [0.05, 0.1) is 19.6 Å². The number of nitrogens with zero attached hydrogens (tertiary/aromatic N) is 5. The number of primary amides is 1. The number of nitrogens with one attached hydrogen (secondary N) is 1. The molecule has 0 spiro atoms. The van der Waals surface area contributed by atoms with Gasteiger partial charge in [-0.3, -0.25) is 28.8 Å². The standard InChI is InChI=1S/C48H63N9O6/c49-25-13-15-27-52-29-44(59)55(31-40-19-7-2-8-20-40)37-48(63)56(32-41-21-9-3-10-22-41)36-45(60)53(28-16-14-26-50)35-46(61)57(33-42-23-11-4-12-24-42)38-47(62)54(34-43(51)58)30-39-17-5-1-6-18-39/h1-12,17-24,52H,13-16,25-38,49-50H2,(H2,51,58). The quantitative estimate of drug-likeness (QED) is 0.0618. The Morgan fingerprint density at radius 2 is 0.714 bits per heavy atom. The molecule has 0 bridgehead atoms. The van der Waals surface area contributed by atoms with E-state index in [4.69, 9.17) is 17.2 Å². The van der Waals surface area contributed by atoms with Crippen molar-refractivity contribution in [3.8, 4) is 0 Å². The fourth-order valence-corrected chi connectivity index (χ4v) is 6.83. The summed E-state index contributed by atoms with van der Waals surface area (Å²) >= 11 is 0. The third kappa shape index (κ3) is 18.2. The van der Waals surface area contributed by atoms with Gasteiger partial charge in [-0.25, -0.2) is 0 Å². The molecule has 0 saturated heterocycles. The maximum Gasteiger partial charge on any atom is 0.242 e. The lowest BCUT2D eigenvalue weighted by molar-refractivity contribution is -0.148. The van der Waals surface area contributed by atoms with Gasteiger partial charge in [0.2, 0.25) is 35.4 Å². The summed E-state index contributed by atoms with van der Waals surface area (Å²) in [6.07, 6.45) is 2.69. The Kier molecular flexibility index (Phi) is 21.5. The molecule has 15 nitrogen and oxygen atoms in total. The molecule has 6 amide bonds. The highest BCUT2D eigenvalue weighted by Gasteiger charge is 2.29. The average Bonchev–Trinajstić information content (AvgIpc) is 3.28. The van der Waals surface area contributed by atoms with Crippen molar-refractivity contribution in [1.29, 1.82) is 0 Å². The summed E-state index contributed by atoms with van der Waals surface area (Å²) in [5, 5.41) is 3.16. The minimum Gasteiger partial charge on any atom is -0.368 e. The van der Waals surface area contributed by atoms with Crippen LogP contribution in [0.4, 0.5) is 0 Å². The van der Waals surface area contributed by atoms with E-state index in [1.54, 1.807) is 0 Å². The van der Waals surface area contributed by atoms with Crippen molar-refractivity contribution in [2.75, 3.05) is 65.4 Å². The first kappa shape index (κ1) is 49.2. The number of carbonyl (C=O) groups is 6. The smallest absolute Gasteiger partial charge is 0.242 e. The molecule has 0 unspecified atom stereocenters. The van der Waals surface area contributed by atoms with Crippen LogP contribution in [-0.2, 0) is 54.9 Å². The van der Waals surface area contributed by atoms with Gasteiger partial charge in [0, 0.05) is 32.7 Å². The fraction of sp³-hybridized carbons (Fsp3) is 0.375. The van der Waals surface area contributed by atoms with Crippen molar-refractivity contribution in [2.45, 2.75) is 51.9 Å². The van der Waals surface area contributed by atoms with Crippen molar-refractivity contribution in [1.82, 2.24) is 29.8 Å². The zero-order valence-electron chi connectivity index (χ0n) is 36.2. The van der Waals surface area contributed by atoms with E-state index in [1.165, 1.54) is 24.5 Å². The molecule has 0 aliphatic rings. The molecule has 0 aliphatic carbocycles. The summed E-state index contributed by atoms with van der Waals surface area (Å²) < 4.78 is 0. The lowest BCUT2D eigenvalue weighted by atomic mass is 10.2. The number of carbonyl (C=O) groups excluding carboxylic acids is 6. The zero-order chi connectivity index (χ0) is 45.2. The van der Waals surface area contributed by atoms with E-state index in [2.05, 4.69) is 5.32 Å². The first-order valence-electron chi connectivity index (χ1n) is 21.5. The van der Waals surface area contributed by atoms with Crippen molar-refractivity contribution < 1.29 is 28.8 Å². The van der Waals surface area contributed by atoms with Gasteiger partial charge < -0.3 is 47.0 Å². The van der Waals surface area contributed by atoms with Gasteiger partial charge in [-0.1, -0.05) is 121 Å². The number of benzene rings is 4. The van der Waals surface area contributed by atoms with Gasteiger partial charge in [0.1, 0.15) is 19.6 Å². The number of rotatable bonds is 28. The molecule has 0 atom stereocenters. The highest BCUT2D eigenvalue weighted by molar-refractivity contribution is 5.92. The van der Waals surface area contributed by atoms with Crippen LogP contribution in [0.25, 0.3) is 0 Å². The van der Waals surface area contributed by atoms with Crippen LogP contribution in [0.2, 0.25) is 0 Å². The van der Waals surface area contributed by atoms with Crippen LogP contribution in [0.15, 0.2) is 121 Å². The van der Waals surface area contributed by atoms with Crippen LogP contribution in [-0.4, -0.2) is 125 Å². The molecule has 0 fully saturated rings. The Labute approximate surface area is 371 Å². The van der Waals surface area contributed by atoms with E-state index in [9.17, 15) is 28.8 Å². The molecule has 0 heterocycles. The summed E-state index contributed by atoms with van der Waals surface area (Å²) in [5.41, 5.74) is 20.2. The van der Waals surface area contributed by atoms with Crippen molar-refractivity contribution in [3.63, 3.8) is 0 Å². The second-order valence-electron chi connectivity index (χ2n) is 15.4. The topological polar surface area (TPSA) is 209 Å². The molecule has 4 aromatic rings. The van der Waals surface area contributed by atoms with Crippen molar-refractivity contribution >= 4 is 35.4 Å². The first-order chi connectivity index (χ1) is 30.6. The summed E-state index contributed by atoms with van der Waals surface area (Å²) in [7, 11) is 0. The molecule has 336 valence electrons. The molecule has 63 heavy (non-hydrogen) atoms. The Morgan fingerprint density at radius 1 is 0.397 bits per heavy atom. The second kappa shape index (κ2) is 27.5. The number of hydrogen-bond donors (Lipinski definition) is 4. The Bertz CT molecular complexity index is 2010. The third-order valence-corrected chi connectivity index (χ3v) is 10.2. The number of amides is 6. The van der Waals surface area contributed by atoms with Gasteiger partial charge in [-0.05, 0) is 67.6 Å². The van der Waals surface area contributed by atoms with Crippen molar-refractivity contribution in [2.24, 2.45) is 17.2 Å². The normalized spacial score (nSPS) is 10.8. The van der Waals surface area contributed by atoms with Crippen molar-refractivity contribution in [3.05, 3.63) is 144 Å². The van der Waals surface area contributed by atoms with Crippen LogP contribution in [0.3, 0.4) is 0 Å². The van der Waals surface area contributed by atoms with Gasteiger partial charge in [-0.2, -0.15) is 0 Å². The van der Waals surface area contributed by atoms with E-state index >= 15 is 0 Å². The van der Waals surface area contributed by atoms with E-state index < -0.39 is 29.5 Å².